The Balaban J connectivity index is 1.70. The molecule has 3 aliphatic rings. The van der Waals surface area contributed by atoms with Gasteiger partial charge in [-0.15, -0.1) is 0 Å². The van der Waals surface area contributed by atoms with Crippen LogP contribution in [0.3, 0.4) is 0 Å². The van der Waals surface area contributed by atoms with E-state index in [9.17, 15) is 24.6 Å². The molecule has 2 amide bonds. The first-order valence-electron chi connectivity index (χ1n) is 16.4. The van der Waals surface area contributed by atoms with Crippen molar-refractivity contribution in [2.24, 2.45) is 11.8 Å². The van der Waals surface area contributed by atoms with Crippen molar-refractivity contribution in [1.82, 2.24) is 14.7 Å². The number of nitrogens with zero attached hydrogens (tertiary/aromatic N) is 3. The SMILES string of the molecule is C/C(=C\C=C\C(C)COC(=O)N1[C@@H](C)CC[C@@H]1C)[C@H]1OC(=O)C[C@@H](O)CC[C@](C)(O)[C@@H](OC(=O)N2CCN(C)CC2)/C=C/[C@@H]1C. The van der Waals surface area contributed by atoms with Gasteiger partial charge < -0.3 is 39.1 Å². The third-order valence-electron chi connectivity index (χ3n) is 9.19. The molecule has 8 atom stereocenters. The van der Waals surface area contributed by atoms with Gasteiger partial charge in [0.25, 0.3) is 0 Å². The fraction of sp³-hybridized carbons (Fsp3) is 0.735. The predicted molar refractivity (Wildman–Crippen MR) is 171 cm³/mol. The monoisotopic (exact) mass is 633 g/mol. The maximum atomic E-state index is 13.0. The lowest BCUT2D eigenvalue weighted by Gasteiger charge is -2.36. The topological polar surface area (TPSA) is 129 Å². The van der Waals surface area contributed by atoms with Crippen LogP contribution in [0.1, 0.15) is 73.6 Å². The molecule has 45 heavy (non-hydrogen) atoms. The summed E-state index contributed by atoms with van der Waals surface area (Å²) in [5.74, 6) is -0.900. The quantitative estimate of drug-likeness (QED) is 0.191. The van der Waals surface area contributed by atoms with Gasteiger partial charge in [-0.25, -0.2) is 9.59 Å². The molecule has 0 spiro atoms. The van der Waals surface area contributed by atoms with Crippen molar-refractivity contribution in [3.8, 4) is 0 Å². The number of allylic oxidation sites excluding steroid dienone is 2. The fourth-order valence-corrected chi connectivity index (χ4v) is 6.00. The molecule has 11 nitrogen and oxygen atoms in total. The van der Waals surface area contributed by atoms with Gasteiger partial charge in [0, 0.05) is 50.1 Å². The maximum Gasteiger partial charge on any atom is 0.410 e. The molecule has 3 rings (SSSR count). The Morgan fingerprint density at radius 2 is 1.73 bits per heavy atom. The minimum Gasteiger partial charge on any atom is -0.457 e. The number of carbonyl (C=O) groups is 3. The van der Waals surface area contributed by atoms with E-state index in [1.54, 1.807) is 24.0 Å². The number of piperazine rings is 1. The van der Waals surface area contributed by atoms with E-state index >= 15 is 0 Å². The summed E-state index contributed by atoms with van der Waals surface area (Å²) >= 11 is 0. The summed E-state index contributed by atoms with van der Waals surface area (Å²) < 4.78 is 17.3. The Morgan fingerprint density at radius 1 is 1.09 bits per heavy atom. The van der Waals surface area contributed by atoms with Crippen LogP contribution in [0.15, 0.2) is 36.0 Å². The molecule has 2 saturated heterocycles. The number of likely N-dealkylation sites (tertiary alicyclic amines) is 1. The molecule has 0 aliphatic carbocycles. The molecule has 0 aromatic rings. The van der Waals surface area contributed by atoms with Crippen molar-refractivity contribution in [1.29, 1.82) is 0 Å². The van der Waals surface area contributed by atoms with Crippen LogP contribution in [-0.2, 0) is 19.0 Å². The van der Waals surface area contributed by atoms with Crippen LogP contribution in [0.4, 0.5) is 9.59 Å². The smallest absolute Gasteiger partial charge is 0.410 e. The number of aliphatic hydroxyl groups is 2. The zero-order chi connectivity index (χ0) is 33.3. The molecule has 0 aromatic heterocycles. The lowest BCUT2D eigenvalue weighted by molar-refractivity contribution is -0.151. The first-order valence-corrected chi connectivity index (χ1v) is 16.4. The van der Waals surface area contributed by atoms with Crippen LogP contribution in [0.5, 0.6) is 0 Å². The molecular weight excluding hydrogens is 578 g/mol. The van der Waals surface area contributed by atoms with Gasteiger partial charge in [0.05, 0.1) is 19.1 Å². The van der Waals surface area contributed by atoms with Gasteiger partial charge in [-0.05, 0) is 72.1 Å². The van der Waals surface area contributed by atoms with E-state index < -0.39 is 36.0 Å². The fourth-order valence-electron chi connectivity index (χ4n) is 6.00. The second kappa shape index (κ2) is 16.6. The highest BCUT2D eigenvalue weighted by Gasteiger charge is 2.37. The van der Waals surface area contributed by atoms with E-state index in [4.69, 9.17) is 14.2 Å². The average molecular weight is 634 g/mol. The second-order valence-electron chi connectivity index (χ2n) is 13.5. The van der Waals surface area contributed by atoms with Crippen LogP contribution < -0.4 is 0 Å². The largest absolute Gasteiger partial charge is 0.457 e. The molecule has 254 valence electrons. The minimum absolute atomic E-state index is 0.0319. The number of cyclic esters (lactones) is 1. The Labute approximate surface area is 268 Å². The summed E-state index contributed by atoms with van der Waals surface area (Å²) in [6.45, 7) is 14.2. The molecule has 2 N–H and O–H groups in total. The standard InChI is InChI=1S/C34H55N3O8/c1-23(22-43-33(41)37-26(4)12-13-27(37)5)9-8-10-24(2)31-25(3)11-14-29(44-32(40)36-19-17-35(7)18-20-36)34(6,42)16-15-28(38)21-30(39)45-31/h8-11,14,23,25-29,31,38,42H,12-13,15-22H2,1-7H3/b9-8+,14-11+,24-10+/t23?,25-,26-,27-,28-,29-,31+,34-/m0/s1. The van der Waals surface area contributed by atoms with Crippen LogP contribution >= 0.6 is 0 Å². The van der Waals surface area contributed by atoms with Gasteiger partial charge in [-0.3, -0.25) is 4.79 Å². The lowest BCUT2D eigenvalue weighted by Crippen LogP contribution is -2.50. The summed E-state index contributed by atoms with van der Waals surface area (Å²) in [5, 5.41) is 21.9. The van der Waals surface area contributed by atoms with Crippen molar-refractivity contribution < 1.29 is 38.8 Å². The van der Waals surface area contributed by atoms with Crippen LogP contribution in [0, 0.1) is 11.8 Å². The Bertz CT molecular complexity index is 1090. The summed E-state index contributed by atoms with van der Waals surface area (Å²) in [4.78, 5) is 44.0. The zero-order valence-corrected chi connectivity index (χ0v) is 28.2. The molecular formula is C34H55N3O8. The summed E-state index contributed by atoms with van der Waals surface area (Å²) in [7, 11) is 2.00. The van der Waals surface area contributed by atoms with Crippen LogP contribution in [-0.4, -0.2) is 119 Å². The van der Waals surface area contributed by atoms with Crippen molar-refractivity contribution in [2.45, 2.75) is 110 Å². The van der Waals surface area contributed by atoms with Crippen LogP contribution in [0.25, 0.3) is 0 Å². The third-order valence-corrected chi connectivity index (χ3v) is 9.19. The minimum atomic E-state index is -1.46. The summed E-state index contributed by atoms with van der Waals surface area (Å²) in [5.41, 5.74) is -0.694. The number of likely N-dealkylation sites (N-methyl/N-ethyl adjacent to an activating group) is 1. The number of rotatable bonds is 6. The molecule has 3 aliphatic heterocycles. The van der Waals surface area contributed by atoms with Gasteiger partial charge >= 0.3 is 18.2 Å². The number of aliphatic hydroxyl groups excluding tert-OH is 1. The van der Waals surface area contributed by atoms with E-state index in [0.717, 1.165) is 31.5 Å². The first kappa shape index (κ1) is 36.6. The molecule has 0 saturated carbocycles. The molecule has 1 unspecified atom stereocenters. The maximum absolute atomic E-state index is 13.0. The van der Waals surface area contributed by atoms with Gasteiger partial charge in [-0.2, -0.15) is 0 Å². The van der Waals surface area contributed by atoms with E-state index in [-0.39, 0.29) is 55.9 Å². The van der Waals surface area contributed by atoms with Crippen molar-refractivity contribution in [3.05, 3.63) is 36.0 Å². The van der Waals surface area contributed by atoms with E-state index in [1.807, 2.05) is 64.8 Å². The number of esters is 1. The van der Waals surface area contributed by atoms with Crippen LogP contribution in [0.2, 0.25) is 0 Å². The third kappa shape index (κ3) is 10.9. The number of ether oxygens (including phenoxy) is 3. The highest BCUT2D eigenvalue weighted by molar-refractivity contribution is 5.70. The van der Waals surface area contributed by atoms with Gasteiger partial charge in [-0.1, -0.05) is 38.2 Å². The summed E-state index contributed by atoms with van der Waals surface area (Å²) in [6.07, 6.45) is 7.70. The lowest BCUT2D eigenvalue weighted by atomic mass is 9.89. The molecule has 0 radical (unpaired) electrons. The number of amides is 2. The first-order chi connectivity index (χ1) is 21.2. The van der Waals surface area contributed by atoms with Crippen molar-refractivity contribution in [2.75, 3.05) is 39.8 Å². The molecule has 2 fully saturated rings. The Kier molecular flexibility index (Phi) is 13.5. The highest BCUT2D eigenvalue weighted by Crippen LogP contribution is 2.28. The van der Waals surface area contributed by atoms with E-state index in [1.165, 1.54) is 0 Å². The molecule has 11 heteroatoms. The molecule has 0 bridgehead atoms. The van der Waals surface area contributed by atoms with E-state index in [2.05, 4.69) is 4.90 Å². The normalized spacial score (nSPS) is 34.1. The number of hydrogen-bond donors (Lipinski definition) is 2. The second-order valence-corrected chi connectivity index (χ2v) is 13.5. The van der Waals surface area contributed by atoms with Gasteiger partial charge in [0.15, 0.2) is 6.10 Å². The zero-order valence-electron chi connectivity index (χ0n) is 28.2. The van der Waals surface area contributed by atoms with E-state index in [0.29, 0.717) is 13.1 Å². The van der Waals surface area contributed by atoms with Gasteiger partial charge in [0.1, 0.15) is 11.7 Å². The predicted octanol–water partition coefficient (Wildman–Crippen LogP) is 4.29. The molecule has 0 aromatic carbocycles. The molecule has 3 heterocycles. The highest BCUT2D eigenvalue weighted by atomic mass is 16.6. The van der Waals surface area contributed by atoms with Crippen molar-refractivity contribution >= 4 is 18.2 Å². The number of hydrogen-bond acceptors (Lipinski definition) is 9. The van der Waals surface area contributed by atoms with Crippen molar-refractivity contribution in [3.63, 3.8) is 0 Å². The number of carbonyl (C=O) groups excluding carboxylic acids is 3. The Morgan fingerprint density at radius 3 is 2.38 bits per heavy atom. The average Bonchev–Trinajstić information content (AvgIpc) is 3.32. The summed E-state index contributed by atoms with van der Waals surface area (Å²) in [6, 6.07) is 0.361. The Hall–Kier alpha value is -2.89. The van der Waals surface area contributed by atoms with Gasteiger partial charge in [0.2, 0.25) is 0 Å².